The fourth-order valence-corrected chi connectivity index (χ4v) is 2.93. The van der Waals surface area contributed by atoms with Crippen molar-refractivity contribution in [2.75, 3.05) is 5.32 Å². The van der Waals surface area contributed by atoms with E-state index < -0.39 is 9.05 Å². The topological polar surface area (TPSA) is 89.0 Å². The summed E-state index contributed by atoms with van der Waals surface area (Å²) in [5.41, 5.74) is 1.65. The molecule has 0 aliphatic carbocycles. The number of aryl methyl sites for hydroxylation is 2. The summed E-state index contributed by atoms with van der Waals surface area (Å²) in [5, 5.41) is 6.44. The van der Waals surface area contributed by atoms with E-state index in [0.717, 1.165) is 11.5 Å². The van der Waals surface area contributed by atoms with Gasteiger partial charge in [-0.05, 0) is 49.1 Å². The largest absolute Gasteiger partial charge is 0.321 e. The highest BCUT2D eigenvalue weighted by Gasteiger charge is 2.16. The summed E-state index contributed by atoms with van der Waals surface area (Å²) in [6, 6.07) is 4.23. The summed E-state index contributed by atoms with van der Waals surface area (Å²) >= 11 is 1.00. The van der Waals surface area contributed by atoms with Crippen molar-refractivity contribution in [2.45, 2.75) is 18.7 Å². The molecule has 6 nitrogen and oxygen atoms in total. The predicted molar refractivity (Wildman–Crippen MR) is 76.8 cm³/mol. The molecule has 2 rings (SSSR count). The van der Waals surface area contributed by atoms with Crippen molar-refractivity contribution in [1.29, 1.82) is 0 Å². The highest BCUT2D eigenvalue weighted by molar-refractivity contribution is 8.13. The van der Waals surface area contributed by atoms with Gasteiger partial charge in [-0.1, -0.05) is 4.49 Å². The minimum Gasteiger partial charge on any atom is -0.321 e. The first-order valence-electron chi connectivity index (χ1n) is 5.44. The van der Waals surface area contributed by atoms with Crippen molar-refractivity contribution in [3.63, 3.8) is 0 Å². The number of hydrogen-bond donors (Lipinski definition) is 1. The van der Waals surface area contributed by atoms with Gasteiger partial charge in [0.05, 0.1) is 10.6 Å². The number of halogens is 1. The molecule has 1 N–H and O–H groups in total. The van der Waals surface area contributed by atoms with Gasteiger partial charge in [0.1, 0.15) is 4.88 Å². The number of hydrogen-bond acceptors (Lipinski definition) is 6. The van der Waals surface area contributed by atoms with Crippen LogP contribution in [0.2, 0.25) is 0 Å². The maximum atomic E-state index is 12.0. The number of nitrogens with one attached hydrogen (secondary N) is 1. The summed E-state index contributed by atoms with van der Waals surface area (Å²) in [7, 11) is 1.48. The SMILES string of the molecule is Cc1cc(S(=O)(=O)Cl)ccc1NC(=O)c1snnc1C. The maximum absolute atomic E-state index is 12.0. The number of aromatic nitrogens is 2. The van der Waals surface area contributed by atoms with Gasteiger partial charge in [-0.25, -0.2) is 8.42 Å². The van der Waals surface area contributed by atoms with Crippen LogP contribution in [-0.2, 0) is 9.05 Å². The zero-order valence-corrected chi connectivity index (χ0v) is 12.9. The van der Waals surface area contributed by atoms with Crippen LogP contribution in [-0.4, -0.2) is 23.9 Å². The third-order valence-electron chi connectivity index (χ3n) is 2.59. The number of benzene rings is 1. The molecule has 0 atom stereocenters. The Labute approximate surface area is 124 Å². The minimum absolute atomic E-state index is 0.00898. The maximum Gasteiger partial charge on any atom is 0.269 e. The molecule has 106 valence electrons. The van der Waals surface area contributed by atoms with Crippen LogP contribution >= 0.6 is 22.2 Å². The number of rotatable bonds is 3. The monoisotopic (exact) mass is 331 g/mol. The van der Waals surface area contributed by atoms with Gasteiger partial charge in [0.15, 0.2) is 0 Å². The van der Waals surface area contributed by atoms with Crippen LogP contribution in [0.1, 0.15) is 20.9 Å². The molecule has 0 bridgehead atoms. The molecule has 0 aliphatic heterocycles. The van der Waals surface area contributed by atoms with Gasteiger partial charge in [-0.15, -0.1) is 5.10 Å². The molecule has 9 heteroatoms. The number of carbonyl (C=O) groups excluding carboxylic acids is 1. The van der Waals surface area contributed by atoms with Gasteiger partial charge >= 0.3 is 0 Å². The molecule has 1 heterocycles. The summed E-state index contributed by atoms with van der Waals surface area (Å²) < 4.78 is 26.1. The van der Waals surface area contributed by atoms with Gasteiger partial charge < -0.3 is 5.32 Å². The first kappa shape index (κ1) is 14.9. The standard InChI is InChI=1S/C11H10ClN3O3S2/c1-6-5-8(20(12,17)18)3-4-9(6)13-11(16)10-7(2)14-15-19-10/h3-5H,1-2H3,(H,13,16). The Morgan fingerprint density at radius 3 is 2.55 bits per heavy atom. The Kier molecular flexibility index (Phi) is 4.07. The quantitative estimate of drug-likeness (QED) is 0.872. The van der Waals surface area contributed by atoms with Gasteiger partial charge in [0.25, 0.3) is 15.0 Å². The van der Waals surface area contributed by atoms with E-state index in [1.165, 1.54) is 18.2 Å². The normalized spacial score (nSPS) is 11.3. The summed E-state index contributed by atoms with van der Waals surface area (Å²) in [4.78, 5) is 12.4. The first-order chi connectivity index (χ1) is 9.29. The molecular formula is C11H10ClN3O3S2. The van der Waals surface area contributed by atoms with Crippen LogP contribution in [0.5, 0.6) is 0 Å². The van der Waals surface area contributed by atoms with Crippen molar-refractivity contribution in [3.8, 4) is 0 Å². The number of amides is 1. The Balaban J connectivity index is 2.27. The molecule has 20 heavy (non-hydrogen) atoms. The molecule has 1 aromatic heterocycles. The Hall–Kier alpha value is -1.51. The summed E-state index contributed by atoms with van der Waals surface area (Å²) in [6.45, 7) is 3.37. The van der Waals surface area contributed by atoms with E-state index in [-0.39, 0.29) is 10.8 Å². The summed E-state index contributed by atoms with van der Waals surface area (Å²) in [5.74, 6) is -0.331. The Morgan fingerprint density at radius 2 is 2.05 bits per heavy atom. The van der Waals surface area contributed by atoms with Crippen LogP contribution in [0.15, 0.2) is 23.1 Å². The lowest BCUT2D eigenvalue weighted by Crippen LogP contribution is -2.12. The van der Waals surface area contributed by atoms with E-state index in [9.17, 15) is 13.2 Å². The second-order valence-corrected chi connectivity index (χ2v) is 7.38. The molecule has 1 aromatic carbocycles. The Bertz CT molecular complexity index is 771. The molecule has 0 unspecified atom stereocenters. The van der Waals surface area contributed by atoms with Gasteiger partial charge in [0, 0.05) is 16.4 Å². The van der Waals surface area contributed by atoms with E-state index in [1.54, 1.807) is 13.8 Å². The van der Waals surface area contributed by atoms with E-state index in [1.807, 2.05) is 0 Å². The average molecular weight is 332 g/mol. The fraction of sp³-hybridized carbons (Fsp3) is 0.182. The lowest BCUT2D eigenvalue weighted by molar-refractivity contribution is 0.102. The zero-order valence-electron chi connectivity index (χ0n) is 10.5. The predicted octanol–water partition coefficient (Wildman–Crippen LogP) is 2.33. The summed E-state index contributed by atoms with van der Waals surface area (Å²) in [6.07, 6.45) is 0. The molecule has 0 saturated heterocycles. The van der Waals surface area contributed by atoms with E-state index in [2.05, 4.69) is 14.9 Å². The van der Waals surface area contributed by atoms with Crippen molar-refractivity contribution < 1.29 is 13.2 Å². The Morgan fingerprint density at radius 1 is 1.35 bits per heavy atom. The van der Waals surface area contributed by atoms with E-state index in [0.29, 0.717) is 21.8 Å². The molecule has 0 fully saturated rings. The van der Waals surface area contributed by atoms with Gasteiger partial charge in [-0.2, -0.15) is 0 Å². The molecular weight excluding hydrogens is 322 g/mol. The first-order valence-corrected chi connectivity index (χ1v) is 8.53. The number of carbonyl (C=O) groups is 1. The van der Waals surface area contributed by atoms with Crippen molar-refractivity contribution in [2.24, 2.45) is 0 Å². The van der Waals surface area contributed by atoms with Crippen LogP contribution in [0.3, 0.4) is 0 Å². The second kappa shape index (κ2) is 5.47. The third-order valence-corrected chi connectivity index (χ3v) is 4.76. The second-order valence-electron chi connectivity index (χ2n) is 4.06. The minimum atomic E-state index is -3.78. The third kappa shape index (κ3) is 3.14. The van der Waals surface area contributed by atoms with Crippen molar-refractivity contribution in [3.05, 3.63) is 34.3 Å². The average Bonchev–Trinajstić information content (AvgIpc) is 2.76. The van der Waals surface area contributed by atoms with E-state index in [4.69, 9.17) is 10.7 Å². The van der Waals surface area contributed by atoms with Crippen molar-refractivity contribution in [1.82, 2.24) is 9.59 Å². The molecule has 0 saturated carbocycles. The lowest BCUT2D eigenvalue weighted by Gasteiger charge is -2.08. The van der Waals surface area contributed by atoms with E-state index >= 15 is 0 Å². The van der Waals surface area contributed by atoms with Crippen LogP contribution in [0.25, 0.3) is 0 Å². The molecule has 0 spiro atoms. The van der Waals surface area contributed by atoms with Crippen LogP contribution < -0.4 is 5.32 Å². The van der Waals surface area contributed by atoms with Crippen molar-refractivity contribution >= 4 is 42.9 Å². The molecule has 0 radical (unpaired) electrons. The number of nitrogens with zero attached hydrogens (tertiary/aromatic N) is 2. The fourth-order valence-electron chi connectivity index (χ4n) is 1.55. The smallest absolute Gasteiger partial charge is 0.269 e. The van der Waals surface area contributed by atoms with Crippen LogP contribution in [0, 0.1) is 13.8 Å². The van der Waals surface area contributed by atoms with Crippen LogP contribution in [0.4, 0.5) is 5.69 Å². The highest BCUT2D eigenvalue weighted by Crippen LogP contribution is 2.23. The highest BCUT2D eigenvalue weighted by atomic mass is 35.7. The zero-order chi connectivity index (χ0) is 14.9. The lowest BCUT2D eigenvalue weighted by atomic mass is 10.2. The molecule has 2 aromatic rings. The van der Waals surface area contributed by atoms with Gasteiger partial charge in [-0.3, -0.25) is 4.79 Å². The van der Waals surface area contributed by atoms with Gasteiger partial charge in [0.2, 0.25) is 0 Å². The molecule has 0 aliphatic rings. The number of anilines is 1. The molecule has 1 amide bonds.